The van der Waals surface area contributed by atoms with Crippen LogP contribution in [0.4, 0.5) is 4.39 Å². The Labute approximate surface area is 233 Å². The lowest BCUT2D eigenvalue weighted by Crippen LogP contribution is -2.47. The maximum atomic E-state index is 13.5. The second kappa shape index (κ2) is 9.43. The average molecular weight is 546 g/mol. The second-order valence-electron chi connectivity index (χ2n) is 10.2. The molecule has 3 aromatic carbocycles. The normalized spacial score (nSPS) is 18.6. The van der Waals surface area contributed by atoms with E-state index in [9.17, 15) is 14.4 Å². The van der Waals surface area contributed by atoms with Crippen molar-refractivity contribution < 1.29 is 8.81 Å². The van der Waals surface area contributed by atoms with Crippen LogP contribution in [0.15, 0.2) is 88.2 Å². The standard InChI is InChI=1S/C31H24FN7O2/c1-39-30(40)41-29(38-39)31(20-10-6-18(16-33)7-11-20)27-23(22-4-2-3-5-24(22)35-27)14-15-25(37-31)28-34-17-26(36-28)19-8-12-21(32)13-9-19/h2-13,17,25,35,37H,14-15H2,1H3,(H,34,36). The van der Waals surface area contributed by atoms with Gasteiger partial charge in [0.25, 0.3) is 0 Å². The van der Waals surface area contributed by atoms with Crippen LogP contribution in [-0.4, -0.2) is 24.7 Å². The van der Waals surface area contributed by atoms with Gasteiger partial charge in [0, 0.05) is 18.0 Å². The van der Waals surface area contributed by atoms with Gasteiger partial charge in [0.2, 0.25) is 5.89 Å². The highest BCUT2D eigenvalue weighted by Gasteiger charge is 2.48. The number of H-pyrrole nitrogens is 2. The fourth-order valence-electron chi connectivity index (χ4n) is 5.78. The summed E-state index contributed by atoms with van der Waals surface area (Å²) in [5.41, 5.74) is 4.40. The van der Waals surface area contributed by atoms with Crippen LogP contribution in [0, 0.1) is 17.1 Å². The molecule has 7 rings (SSSR count). The van der Waals surface area contributed by atoms with Gasteiger partial charge in [-0.3, -0.25) is 5.32 Å². The van der Waals surface area contributed by atoms with Gasteiger partial charge >= 0.3 is 5.76 Å². The fourth-order valence-corrected chi connectivity index (χ4v) is 5.78. The molecule has 6 aromatic rings. The molecule has 2 atom stereocenters. The van der Waals surface area contributed by atoms with Crippen molar-refractivity contribution in [3.8, 4) is 17.3 Å². The zero-order valence-corrected chi connectivity index (χ0v) is 22.0. The Morgan fingerprint density at radius 1 is 1.07 bits per heavy atom. The third-order valence-corrected chi connectivity index (χ3v) is 7.80. The van der Waals surface area contributed by atoms with E-state index in [1.54, 1.807) is 37.5 Å². The number of fused-ring (bicyclic) bond motifs is 3. The summed E-state index contributed by atoms with van der Waals surface area (Å²) >= 11 is 0. The third-order valence-electron chi connectivity index (χ3n) is 7.80. The van der Waals surface area contributed by atoms with Crippen molar-refractivity contribution in [1.29, 1.82) is 5.26 Å². The lowest BCUT2D eigenvalue weighted by molar-refractivity contribution is 0.305. The van der Waals surface area contributed by atoms with E-state index in [2.05, 4.69) is 32.5 Å². The number of nitriles is 1. The molecule has 0 radical (unpaired) electrons. The third kappa shape index (κ3) is 3.98. The molecule has 0 saturated heterocycles. The molecule has 9 nitrogen and oxygen atoms in total. The first kappa shape index (κ1) is 24.7. The Kier molecular flexibility index (Phi) is 5.69. The monoisotopic (exact) mass is 545 g/mol. The first-order chi connectivity index (χ1) is 20.0. The average Bonchev–Trinajstić information content (AvgIpc) is 3.69. The minimum atomic E-state index is -1.23. The van der Waals surface area contributed by atoms with Gasteiger partial charge in [-0.1, -0.05) is 30.3 Å². The number of nitrogens with one attached hydrogen (secondary N) is 3. The topological polar surface area (TPSA) is 128 Å². The first-order valence-corrected chi connectivity index (χ1v) is 13.2. The van der Waals surface area contributed by atoms with Gasteiger partial charge in [-0.25, -0.2) is 14.2 Å². The lowest BCUT2D eigenvalue weighted by atomic mass is 9.83. The van der Waals surface area contributed by atoms with Crippen molar-refractivity contribution >= 4 is 10.9 Å². The summed E-state index contributed by atoms with van der Waals surface area (Å²) < 4.78 is 20.5. The number of nitrogens with zero attached hydrogens (tertiary/aromatic N) is 4. The van der Waals surface area contributed by atoms with E-state index in [0.29, 0.717) is 24.2 Å². The van der Waals surface area contributed by atoms with Crippen molar-refractivity contribution in [2.24, 2.45) is 7.05 Å². The molecule has 4 heterocycles. The molecule has 0 aliphatic carbocycles. The number of aromatic amines is 2. The number of rotatable bonds is 4. The van der Waals surface area contributed by atoms with E-state index in [1.807, 2.05) is 30.3 Å². The van der Waals surface area contributed by atoms with Gasteiger partial charge in [-0.15, -0.1) is 5.10 Å². The van der Waals surface area contributed by atoms with Crippen molar-refractivity contribution in [2.45, 2.75) is 24.4 Å². The van der Waals surface area contributed by atoms with Crippen LogP contribution in [0.2, 0.25) is 0 Å². The molecule has 1 aliphatic heterocycles. The van der Waals surface area contributed by atoms with Crippen molar-refractivity contribution in [1.82, 2.24) is 30.0 Å². The molecule has 3 N–H and O–H groups in total. The van der Waals surface area contributed by atoms with E-state index in [-0.39, 0.29) is 17.7 Å². The minimum absolute atomic E-state index is 0.166. The SMILES string of the molecule is Cn1nc(C2(c3ccc(C#N)cc3)NC(c3ncc(-c4ccc(F)cc4)[nH]3)CCc3c2[nH]c2ccccc32)oc1=O. The summed E-state index contributed by atoms with van der Waals surface area (Å²) in [5, 5.41) is 18.9. The molecular weight excluding hydrogens is 521 g/mol. The highest BCUT2D eigenvalue weighted by atomic mass is 19.1. The van der Waals surface area contributed by atoms with Crippen LogP contribution in [0.3, 0.4) is 0 Å². The summed E-state index contributed by atoms with van der Waals surface area (Å²) in [6.45, 7) is 0. The van der Waals surface area contributed by atoms with Crippen LogP contribution in [0.5, 0.6) is 0 Å². The molecule has 0 saturated carbocycles. The van der Waals surface area contributed by atoms with Gasteiger partial charge < -0.3 is 14.4 Å². The molecule has 2 unspecified atom stereocenters. The van der Waals surface area contributed by atoms with E-state index in [1.165, 1.54) is 16.8 Å². The number of hydrogen-bond donors (Lipinski definition) is 3. The second-order valence-corrected chi connectivity index (χ2v) is 10.2. The molecule has 3 aromatic heterocycles. The predicted octanol–water partition coefficient (Wildman–Crippen LogP) is 4.82. The molecular formula is C31H24FN7O2. The summed E-state index contributed by atoms with van der Waals surface area (Å²) in [6.07, 6.45) is 3.09. The van der Waals surface area contributed by atoms with Gasteiger partial charge in [-0.2, -0.15) is 9.94 Å². The van der Waals surface area contributed by atoms with Crippen molar-refractivity contribution in [3.05, 3.63) is 129 Å². The maximum Gasteiger partial charge on any atom is 0.436 e. The summed E-state index contributed by atoms with van der Waals surface area (Å²) in [6, 6.07) is 23.3. The Morgan fingerprint density at radius 2 is 1.85 bits per heavy atom. The van der Waals surface area contributed by atoms with E-state index < -0.39 is 11.3 Å². The van der Waals surface area contributed by atoms with Gasteiger partial charge in [0.1, 0.15) is 11.6 Å². The Morgan fingerprint density at radius 3 is 2.59 bits per heavy atom. The molecule has 0 fully saturated rings. The van der Waals surface area contributed by atoms with E-state index in [0.717, 1.165) is 39.0 Å². The van der Waals surface area contributed by atoms with E-state index in [4.69, 9.17) is 9.40 Å². The summed E-state index contributed by atoms with van der Waals surface area (Å²) in [4.78, 5) is 24.4. The molecule has 0 spiro atoms. The predicted molar refractivity (Wildman–Crippen MR) is 149 cm³/mol. The number of halogens is 1. The molecule has 1 aliphatic rings. The smallest absolute Gasteiger partial charge is 0.389 e. The van der Waals surface area contributed by atoms with Crippen LogP contribution < -0.4 is 11.1 Å². The van der Waals surface area contributed by atoms with Gasteiger partial charge in [0.15, 0.2) is 5.54 Å². The Balaban J connectivity index is 1.46. The van der Waals surface area contributed by atoms with Crippen LogP contribution in [0.25, 0.3) is 22.2 Å². The van der Waals surface area contributed by atoms with Crippen LogP contribution in [0.1, 0.15) is 46.6 Å². The lowest BCUT2D eigenvalue weighted by Gasteiger charge is -2.34. The number of aromatic nitrogens is 5. The Bertz CT molecular complexity index is 1990. The molecule has 10 heteroatoms. The summed E-state index contributed by atoms with van der Waals surface area (Å²) in [7, 11) is 1.55. The quantitative estimate of drug-likeness (QED) is 0.291. The minimum Gasteiger partial charge on any atom is -0.389 e. The van der Waals surface area contributed by atoms with E-state index >= 15 is 0 Å². The number of imidazole rings is 1. The zero-order valence-electron chi connectivity index (χ0n) is 22.0. The van der Waals surface area contributed by atoms with Crippen LogP contribution in [-0.2, 0) is 19.0 Å². The number of benzene rings is 3. The van der Waals surface area contributed by atoms with Crippen molar-refractivity contribution in [3.63, 3.8) is 0 Å². The molecule has 0 amide bonds. The zero-order chi connectivity index (χ0) is 28.1. The molecule has 0 bridgehead atoms. The summed E-state index contributed by atoms with van der Waals surface area (Å²) in [5.74, 6) is -0.0592. The Hall–Kier alpha value is -5.27. The molecule has 41 heavy (non-hydrogen) atoms. The molecule has 202 valence electrons. The number of hydrogen-bond acceptors (Lipinski definition) is 6. The fraction of sp³-hybridized carbons (Fsp3) is 0.161. The number of para-hydroxylation sites is 1. The number of aryl methyl sites for hydroxylation is 2. The largest absolute Gasteiger partial charge is 0.436 e. The highest BCUT2D eigenvalue weighted by molar-refractivity contribution is 5.86. The van der Waals surface area contributed by atoms with Gasteiger partial charge in [0.05, 0.1) is 35.3 Å². The van der Waals surface area contributed by atoms with Crippen LogP contribution >= 0.6 is 0 Å². The van der Waals surface area contributed by atoms with Gasteiger partial charge in [-0.05, 0) is 72.0 Å². The maximum absolute atomic E-state index is 13.5. The first-order valence-electron chi connectivity index (χ1n) is 13.2. The van der Waals surface area contributed by atoms with Crippen molar-refractivity contribution in [2.75, 3.05) is 0 Å². The highest BCUT2D eigenvalue weighted by Crippen LogP contribution is 2.44.